The van der Waals surface area contributed by atoms with E-state index in [2.05, 4.69) is 5.43 Å². The van der Waals surface area contributed by atoms with Gasteiger partial charge in [0.05, 0.1) is 11.3 Å². The minimum absolute atomic E-state index is 0.0675. The van der Waals surface area contributed by atoms with Crippen LogP contribution in [0.2, 0.25) is 5.02 Å². The summed E-state index contributed by atoms with van der Waals surface area (Å²) in [5.74, 6) is 0.0503. The number of ketones is 1. The monoisotopic (exact) mass is 533 g/mol. The lowest BCUT2D eigenvalue weighted by atomic mass is 10.1. The van der Waals surface area contributed by atoms with Crippen LogP contribution in [-0.4, -0.2) is 39.5 Å². The standard InChI is InChI=1S/C28H24ClN3O4S/c1-17-27(18(2)33)23-14-22(12-13-24(23)31(17)21-10-8-20(29)9-11-21)36-15-25(34)30-32-26(35)16-37-28(32)19-6-4-3-5-7-19/h3-14,28H,15-16H2,1-2H3,(H,30,34)/t28-/m0/s1. The van der Waals surface area contributed by atoms with Crippen molar-refractivity contribution in [3.8, 4) is 11.4 Å². The molecule has 0 aliphatic carbocycles. The van der Waals surface area contributed by atoms with Crippen LogP contribution in [0.3, 0.4) is 0 Å². The van der Waals surface area contributed by atoms with E-state index in [4.69, 9.17) is 16.3 Å². The van der Waals surface area contributed by atoms with E-state index in [-0.39, 0.29) is 29.4 Å². The molecule has 1 fully saturated rings. The molecule has 1 aliphatic rings. The molecule has 1 N–H and O–H groups in total. The third-order valence-electron chi connectivity index (χ3n) is 6.18. The lowest BCUT2D eigenvalue weighted by molar-refractivity contribution is -0.140. The predicted octanol–water partition coefficient (Wildman–Crippen LogP) is 5.48. The number of thioether (sulfide) groups is 1. The van der Waals surface area contributed by atoms with Crippen LogP contribution < -0.4 is 10.2 Å². The molecular formula is C28H24ClN3O4S. The fourth-order valence-corrected chi connectivity index (χ4v) is 5.81. The van der Waals surface area contributed by atoms with Crippen molar-refractivity contribution in [3.63, 3.8) is 0 Å². The van der Waals surface area contributed by atoms with E-state index in [0.717, 1.165) is 27.8 Å². The Morgan fingerprint density at radius 3 is 2.51 bits per heavy atom. The minimum Gasteiger partial charge on any atom is -0.484 e. The summed E-state index contributed by atoms with van der Waals surface area (Å²) >= 11 is 7.51. The Hall–Kier alpha value is -3.75. The number of aromatic nitrogens is 1. The largest absolute Gasteiger partial charge is 0.484 e. The smallest absolute Gasteiger partial charge is 0.276 e. The van der Waals surface area contributed by atoms with Gasteiger partial charge >= 0.3 is 0 Å². The number of nitrogens with zero attached hydrogens (tertiary/aromatic N) is 2. The van der Waals surface area contributed by atoms with Gasteiger partial charge in [-0.1, -0.05) is 41.9 Å². The van der Waals surface area contributed by atoms with Crippen LogP contribution in [0.4, 0.5) is 0 Å². The van der Waals surface area contributed by atoms with Gasteiger partial charge in [-0.05, 0) is 61.9 Å². The Balaban J connectivity index is 1.35. The second-order valence-corrected chi connectivity index (χ2v) is 10.2. The van der Waals surface area contributed by atoms with Crippen molar-refractivity contribution in [2.45, 2.75) is 19.2 Å². The fourth-order valence-electron chi connectivity index (χ4n) is 4.58. The molecule has 7 nitrogen and oxygen atoms in total. The second-order valence-electron chi connectivity index (χ2n) is 8.67. The van der Waals surface area contributed by atoms with E-state index in [0.29, 0.717) is 16.3 Å². The number of carbonyl (C=O) groups excluding carboxylic acids is 3. The maximum Gasteiger partial charge on any atom is 0.276 e. The number of rotatable bonds is 7. The van der Waals surface area contributed by atoms with Gasteiger partial charge in [0.15, 0.2) is 12.4 Å². The molecule has 188 valence electrons. The first-order chi connectivity index (χ1) is 17.8. The SMILES string of the molecule is CC(=O)c1c(C)n(-c2ccc(Cl)cc2)c2ccc(OCC(=O)NN3C(=O)CS[C@H]3c3ccccc3)cc12. The van der Waals surface area contributed by atoms with Gasteiger partial charge < -0.3 is 9.30 Å². The fraction of sp³-hybridized carbons (Fsp3) is 0.179. The van der Waals surface area contributed by atoms with Gasteiger partial charge in [0.2, 0.25) is 0 Å². The Labute approximate surface area is 223 Å². The molecule has 0 unspecified atom stereocenters. The van der Waals surface area contributed by atoms with Crippen LogP contribution in [0, 0.1) is 6.92 Å². The molecule has 9 heteroatoms. The van der Waals surface area contributed by atoms with Crippen LogP contribution in [-0.2, 0) is 9.59 Å². The number of hydrogen-bond acceptors (Lipinski definition) is 5. The maximum atomic E-state index is 12.7. The van der Waals surface area contributed by atoms with Gasteiger partial charge in [0, 0.05) is 27.4 Å². The molecule has 3 aromatic carbocycles. The number of hydrogen-bond donors (Lipinski definition) is 1. The van der Waals surface area contributed by atoms with Crippen LogP contribution in [0.5, 0.6) is 5.75 Å². The summed E-state index contributed by atoms with van der Waals surface area (Å²) in [7, 11) is 0. The van der Waals surface area contributed by atoms with E-state index in [1.54, 1.807) is 24.3 Å². The minimum atomic E-state index is -0.446. The molecule has 1 aromatic heterocycles. The van der Waals surface area contributed by atoms with Crippen LogP contribution in [0.25, 0.3) is 16.6 Å². The summed E-state index contributed by atoms with van der Waals surface area (Å²) in [4.78, 5) is 37.6. The number of Topliss-reactive ketones (excluding diaryl/α,β-unsaturated/α-hetero) is 1. The normalized spacial score (nSPS) is 15.3. The van der Waals surface area contributed by atoms with E-state index < -0.39 is 5.91 Å². The maximum absolute atomic E-state index is 12.7. The summed E-state index contributed by atoms with van der Waals surface area (Å²) in [6.07, 6.45) is 0. The van der Waals surface area contributed by atoms with Crippen molar-refractivity contribution >= 4 is 51.9 Å². The number of halogens is 1. The summed E-state index contributed by atoms with van der Waals surface area (Å²) in [5.41, 5.74) is 6.73. The van der Waals surface area contributed by atoms with Gasteiger partial charge in [-0.2, -0.15) is 0 Å². The molecule has 1 atom stereocenters. The average Bonchev–Trinajstić information content (AvgIpc) is 3.39. The van der Waals surface area contributed by atoms with Crippen molar-refractivity contribution < 1.29 is 19.1 Å². The van der Waals surface area contributed by atoms with Gasteiger partial charge in [-0.3, -0.25) is 19.8 Å². The third kappa shape index (κ3) is 4.95. The molecule has 4 aromatic rings. The molecular weight excluding hydrogens is 510 g/mol. The number of benzene rings is 3. The van der Waals surface area contributed by atoms with Crippen molar-refractivity contribution in [2.75, 3.05) is 12.4 Å². The highest BCUT2D eigenvalue weighted by Gasteiger charge is 2.34. The first-order valence-electron chi connectivity index (χ1n) is 11.7. The number of nitrogens with one attached hydrogen (secondary N) is 1. The summed E-state index contributed by atoms with van der Waals surface area (Å²) in [5, 5.41) is 2.43. The number of ether oxygens (including phenoxy) is 1. The second kappa shape index (κ2) is 10.3. The van der Waals surface area contributed by atoms with Gasteiger partial charge in [0.1, 0.15) is 11.1 Å². The Morgan fingerprint density at radius 2 is 1.81 bits per heavy atom. The molecule has 1 aliphatic heterocycles. The third-order valence-corrected chi connectivity index (χ3v) is 7.64. The van der Waals surface area contributed by atoms with Crippen molar-refractivity contribution in [1.82, 2.24) is 15.0 Å². The number of hydrazine groups is 1. The molecule has 5 rings (SSSR count). The van der Waals surface area contributed by atoms with E-state index in [9.17, 15) is 14.4 Å². The quantitative estimate of drug-likeness (QED) is 0.318. The number of carbonyl (C=O) groups is 3. The topological polar surface area (TPSA) is 80.6 Å². The predicted molar refractivity (Wildman–Crippen MR) is 145 cm³/mol. The molecule has 0 bridgehead atoms. The number of amides is 2. The van der Waals surface area contributed by atoms with Gasteiger partial charge in [0.25, 0.3) is 11.8 Å². The molecule has 0 spiro atoms. The lowest BCUT2D eigenvalue weighted by Gasteiger charge is -2.24. The molecule has 1 saturated heterocycles. The highest BCUT2D eigenvalue weighted by atomic mass is 35.5. The average molecular weight is 534 g/mol. The van der Waals surface area contributed by atoms with Crippen molar-refractivity contribution in [1.29, 1.82) is 0 Å². The van der Waals surface area contributed by atoms with Crippen molar-refractivity contribution in [3.05, 3.63) is 94.6 Å². The van der Waals surface area contributed by atoms with Crippen LogP contribution >= 0.6 is 23.4 Å². The van der Waals surface area contributed by atoms with Gasteiger partial charge in [-0.25, -0.2) is 5.01 Å². The molecule has 2 amide bonds. The zero-order chi connectivity index (χ0) is 26.1. The Morgan fingerprint density at radius 1 is 1.08 bits per heavy atom. The highest BCUT2D eigenvalue weighted by molar-refractivity contribution is 8.00. The molecule has 37 heavy (non-hydrogen) atoms. The van der Waals surface area contributed by atoms with Gasteiger partial charge in [-0.15, -0.1) is 11.8 Å². The zero-order valence-corrected chi connectivity index (χ0v) is 21.8. The summed E-state index contributed by atoms with van der Waals surface area (Å²) in [6.45, 7) is 3.14. The summed E-state index contributed by atoms with van der Waals surface area (Å²) < 4.78 is 7.77. The first kappa shape index (κ1) is 24.9. The number of fused-ring (bicyclic) bond motifs is 1. The van der Waals surface area contributed by atoms with Crippen molar-refractivity contribution in [2.24, 2.45) is 0 Å². The summed E-state index contributed by atoms with van der Waals surface area (Å²) in [6, 6.07) is 22.3. The highest BCUT2D eigenvalue weighted by Crippen LogP contribution is 2.37. The zero-order valence-electron chi connectivity index (χ0n) is 20.2. The lowest BCUT2D eigenvalue weighted by Crippen LogP contribution is -2.46. The Bertz CT molecular complexity index is 1500. The van der Waals surface area contributed by atoms with Crippen LogP contribution in [0.1, 0.15) is 33.9 Å². The Kier molecular flexibility index (Phi) is 6.95. The molecule has 2 heterocycles. The first-order valence-corrected chi connectivity index (χ1v) is 13.1. The van der Waals surface area contributed by atoms with Crippen LogP contribution in [0.15, 0.2) is 72.8 Å². The van der Waals surface area contributed by atoms with E-state index >= 15 is 0 Å². The molecule has 0 radical (unpaired) electrons. The van der Waals surface area contributed by atoms with E-state index in [1.807, 2.05) is 60.0 Å². The molecule has 0 saturated carbocycles. The van der Waals surface area contributed by atoms with E-state index in [1.165, 1.54) is 23.7 Å².